The molecule has 0 aliphatic rings. The molecule has 0 spiro atoms. The van der Waals surface area contributed by atoms with Crippen LogP contribution in [0.2, 0.25) is 0 Å². The lowest BCUT2D eigenvalue weighted by molar-refractivity contribution is -0.652. The van der Waals surface area contributed by atoms with Gasteiger partial charge in [0.1, 0.15) is 4.70 Å². The highest BCUT2D eigenvalue weighted by molar-refractivity contribution is 8.93. The number of Topliss-reactive ketones (excluding diaryl/α,β-unsaturated/α-hetero) is 1. The number of fused-ring (bicyclic) bond motifs is 1. The fourth-order valence-electron chi connectivity index (χ4n) is 2.11. The number of hydrogen-bond acceptors (Lipinski definition) is 4. The standard InChI is InChI=1S/C15H11N2O3S.BrH/c18-14(11-5-7-12(8-6-11)17(19)20)9-16-10-21-15-4-2-1-3-13(15)16;/h1-8,10H,9H2;1H/q+1;. The fourth-order valence-corrected chi connectivity index (χ4v) is 3.00. The molecule has 112 valence electrons. The average Bonchev–Trinajstić information content (AvgIpc) is 2.91. The minimum absolute atomic E-state index is 0. The molecule has 0 saturated carbocycles. The first kappa shape index (κ1) is 16.3. The van der Waals surface area contributed by atoms with Gasteiger partial charge in [-0.15, -0.1) is 17.0 Å². The molecule has 0 fully saturated rings. The van der Waals surface area contributed by atoms with E-state index in [0.717, 1.165) is 10.2 Å². The van der Waals surface area contributed by atoms with Crippen molar-refractivity contribution in [3.05, 3.63) is 69.7 Å². The van der Waals surface area contributed by atoms with Crippen molar-refractivity contribution >= 4 is 50.0 Å². The maximum atomic E-state index is 12.3. The van der Waals surface area contributed by atoms with Crippen LogP contribution in [0.15, 0.2) is 54.0 Å². The van der Waals surface area contributed by atoms with Crippen molar-refractivity contribution in [2.24, 2.45) is 0 Å². The summed E-state index contributed by atoms with van der Waals surface area (Å²) in [5.74, 6) is -0.0709. The quantitative estimate of drug-likeness (QED) is 0.301. The number of carbonyl (C=O) groups is 1. The Hall–Kier alpha value is -2.12. The largest absolute Gasteiger partial charge is 0.287 e. The van der Waals surface area contributed by atoms with Gasteiger partial charge < -0.3 is 0 Å². The van der Waals surface area contributed by atoms with E-state index in [1.54, 1.807) is 11.3 Å². The Morgan fingerprint density at radius 1 is 1.14 bits per heavy atom. The molecule has 0 aliphatic heterocycles. The highest BCUT2D eigenvalue weighted by atomic mass is 79.9. The van der Waals surface area contributed by atoms with Crippen LogP contribution >= 0.6 is 28.3 Å². The molecule has 0 atom stereocenters. The number of ketones is 1. The van der Waals surface area contributed by atoms with Crippen molar-refractivity contribution in [3.8, 4) is 0 Å². The highest BCUT2D eigenvalue weighted by Gasteiger charge is 2.17. The third-order valence-electron chi connectivity index (χ3n) is 3.20. The van der Waals surface area contributed by atoms with Crippen LogP contribution in [-0.2, 0) is 6.54 Å². The van der Waals surface area contributed by atoms with Crippen molar-refractivity contribution in [3.63, 3.8) is 0 Å². The van der Waals surface area contributed by atoms with Gasteiger partial charge in [0, 0.05) is 23.8 Å². The van der Waals surface area contributed by atoms with Gasteiger partial charge in [0.05, 0.1) is 4.92 Å². The molecule has 3 aromatic rings. The molecule has 0 bridgehead atoms. The van der Waals surface area contributed by atoms with Crippen molar-refractivity contribution in [1.29, 1.82) is 0 Å². The molecule has 0 aliphatic carbocycles. The van der Waals surface area contributed by atoms with Crippen LogP contribution < -0.4 is 4.57 Å². The summed E-state index contributed by atoms with van der Waals surface area (Å²) in [6, 6.07) is 13.6. The van der Waals surface area contributed by atoms with Gasteiger partial charge in [-0.1, -0.05) is 23.5 Å². The summed E-state index contributed by atoms with van der Waals surface area (Å²) in [6.07, 6.45) is 0. The monoisotopic (exact) mass is 379 g/mol. The second-order valence-corrected chi connectivity index (χ2v) is 5.43. The zero-order valence-electron chi connectivity index (χ0n) is 11.3. The third-order valence-corrected chi connectivity index (χ3v) is 4.15. The Balaban J connectivity index is 0.00000176. The van der Waals surface area contributed by atoms with Crippen LogP contribution in [0.5, 0.6) is 0 Å². The van der Waals surface area contributed by atoms with E-state index in [9.17, 15) is 14.9 Å². The smallest absolute Gasteiger partial charge is 0.269 e. The van der Waals surface area contributed by atoms with E-state index in [0.29, 0.717) is 5.56 Å². The number of aromatic nitrogens is 1. The van der Waals surface area contributed by atoms with Gasteiger partial charge in [0.2, 0.25) is 23.4 Å². The Kier molecular flexibility index (Phi) is 4.99. The molecule has 1 aromatic heterocycles. The highest BCUT2D eigenvalue weighted by Crippen LogP contribution is 2.16. The van der Waals surface area contributed by atoms with Crippen LogP contribution in [0.25, 0.3) is 10.2 Å². The fraction of sp³-hybridized carbons (Fsp3) is 0.0667. The number of nitro benzene ring substituents is 1. The number of halogens is 1. The molecule has 0 unspecified atom stereocenters. The topological polar surface area (TPSA) is 64.1 Å². The molecule has 0 saturated heterocycles. The first-order chi connectivity index (χ1) is 10.1. The molecular weight excluding hydrogens is 368 g/mol. The van der Waals surface area contributed by atoms with E-state index in [1.165, 1.54) is 24.3 Å². The Labute approximate surface area is 140 Å². The second-order valence-electron chi connectivity index (χ2n) is 4.55. The summed E-state index contributed by atoms with van der Waals surface area (Å²) >= 11 is 1.58. The lowest BCUT2D eigenvalue weighted by Crippen LogP contribution is -2.36. The zero-order valence-corrected chi connectivity index (χ0v) is 13.9. The number of rotatable bonds is 4. The number of para-hydroxylation sites is 1. The van der Waals surface area contributed by atoms with Crippen molar-refractivity contribution < 1.29 is 14.3 Å². The van der Waals surface area contributed by atoms with E-state index < -0.39 is 4.92 Å². The van der Waals surface area contributed by atoms with E-state index in [4.69, 9.17) is 0 Å². The maximum Gasteiger partial charge on any atom is 0.269 e. The average molecular weight is 380 g/mol. The molecule has 2 aromatic carbocycles. The van der Waals surface area contributed by atoms with Gasteiger partial charge in [0.15, 0.2) is 0 Å². The molecule has 0 radical (unpaired) electrons. The summed E-state index contributed by atoms with van der Waals surface area (Å²) < 4.78 is 3.01. The number of carbonyl (C=O) groups excluding carboxylic acids is 1. The first-order valence-corrected chi connectivity index (χ1v) is 7.16. The number of thiazole rings is 1. The van der Waals surface area contributed by atoms with Crippen LogP contribution in [0.4, 0.5) is 5.69 Å². The summed E-state index contributed by atoms with van der Waals surface area (Å²) in [6.45, 7) is 0.224. The number of benzene rings is 2. The lowest BCUT2D eigenvalue weighted by atomic mass is 10.1. The van der Waals surface area contributed by atoms with Crippen molar-refractivity contribution in [1.82, 2.24) is 0 Å². The minimum Gasteiger partial charge on any atom is -0.287 e. The number of nitrogens with zero attached hydrogens (tertiary/aromatic N) is 2. The Bertz CT molecular complexity index is 830. The summed E-state index contributed by atoms with van der Waals surface area (Å²) in [7, 11) is 0. The molecule has 0 amide bonds. The predicted octanol–water partition coefficient (Wildman–Crippen LogP) is 3.56. The summed E-state index contributed by atoms with van der Waals surface area (Å²) in [5, 5.41) is 10.6. The van der Waals surface area contributed by atoms with Gasteiger partial charge in [-0.05, 0) is 18.2 Å². The van der Waals surface area contributed by atoms with Gasteiger partial charge >= 0.3 is 0 Å². The molecule has 7 heteroatoms. The molecular formula is C15H12BrN2O3S+. The van der Waals surface area contributed by atoms with Gasteiger partial charge in [-0.25, -0.2) is 0 Å². The van der Waals surface area contributed by atoms with Gasteiger partial charge in [-0.2, -0.15) is 4.57 Å². The van der Waals surface area contributed by atoms with E-state index in [-0.39, 0.29) is 35.0 Å². The lowest BCUT2D eigenvalue weighted by Gasteiger charge is -1.97. The minimum atomic E-state index is -0.477. The third kappa shape index (κ3) is 3.20. The zero-order chi connectivity index (χ0) is 14.8. The second kappa shape index (κ2) is 6.76. The molecule has 3 rings (SSSR count). The van der Waals surface area contributed by atoms with Crippen LogP contribution in [0, 0.1) is 10.1 Å². The van der Waals surface area contributed by atoms with E-state index >= 15 is 0 Å². The predicted molar refractivity (Wildman–Crippen MR) is 89.8 cm³/mol. The Morgan fingerprint density at radius 2 is 1.82 bits per heavy atom. The Morgan fingerprint density at radius 3 is 2.50 bits per heavy atom. The number of hydrogen-bond donors (Lipinski definition) is 0. The van der Waals surface area contributed by atoms with Crippen molar-refractivity contribution in [2.75, 3.05) is 0 Å². The van der Waals surface area contributed by atoms with Crippen LogP contribution in [0.3, 0.4) is 0 Å². The SMILES string of the molecule is Br.O=C(C[n+]1csc2ccccc21)c1ccc([N+](=O)[O-])cc1. The number of nitro groups is 1. The maximum absolute atomic E-state index is 12.3. The van der Waals surface area contributed by atoms with E-state index in [1.807, 2.05) is 34.3 Å². The molecule has 22 heavy (non-hydrogen) atoms. The van der Waals surface area contributed by atoms with Crippen LogP contribution in [-0.4, -0.2) is 10.7 Å². The first-order valence-electron chi connectivity index (χ1n) is 6.28. The molecule has 1 heterocycles. The van der Waals surface area contributed by atoms with Gasteiger partial charge in [-0.3, -0.25) is 14.9 Å². The summed E-state index contributed by atoms with van der Waals surface area (Å²) in [4.78, 5) is 22.4. The van der Waals surface area contributed by atoms with E-state index in [2.05, 4.69) is 0 Å². The van der Waals surface area contributed by atoms with Gasteiger partial charge in [0.25, 0.3) is 5.69 Å². The molecule has 0 N–H and O–H groups in total. The van der Waals surface area contributed by atoms with Crippen LogP contribution in [0.1, 0.15) is 10.4 Å². The normalized spacial score (nSPS) is 10.2. The number of non-ortho nitro benzene ring substituents is 1. The summed E-state index contributed by atoms with van der Waals surface area (Å²) in [5.41, 5.74) is 3.38. The molecule has 5 nitrogen and oxygen atoms in total. The van der Waals surface area contributed by atoms with Crippen molar-refractivity contribution in [2.45, 2.75) is 6.54 Å².